The van der Waals surface area contributed by atoms with Gasteiger partial charge in [-0.1, -0.05) is 55.5 Å². The lowest BCUT2D eigenvalue weighted by Crippen LogP contribution is -2.32. The molecule has 3 nitrogen and oxygen atoms in total. The smallest absolute Gasteiger partial charge is 0.258 e. The Morgan fingerprint density at radius 3 is 2.57 bits per heavy atom. The first-order valence-corrected chi connectivity index (χ1v) is 10.3. The molecule has 28 heavy (non-hydrogen) atoms. The van der Waals surface area contributed by atoms with Crippen molar-refractivity contribution in [2.45, 2.75) is 45.1 Å². The summed E-state index contributed by atoms with van der Waals surface area (Å²) in [5, 5.41) is 5.41. The highest BCUT2D eigenvalue weighted by Gasteiger charge is 2.16. The van der Waals surface area contributed by atoms with Crippen LogP contribution in [0.25, 0.3) is 10.8 Å². The maximum atomic E-state index is 12.5. The van der Waals surface area contributed by atoms with Crippen molar-refractivity contribution in [3.05, 3.63) is 77.4 Å². The highest BCUT2D eigenvalue weighted by molar-refractivity contribution is 5.84. The van der Waals surface area contributed by atoms with Crippen LogP contribution in [0.1, 0.15) is 48.9 Å². The highest BCUT2D eigenvalue weighted by atomic mass is 16.5. The lowest BCUT2D eigenvalue weighted by molar-refractivity contribution is -0.123. The summed E-state index contributed by atoms with van der Waals surface area (Å²) < 4.78 is 5.74. The lowest BCUT2D eigenvalue weighted by atomic mass is 9.89. The van der Waals surface area contributed by atoms with Crippen LogP contribution in [0.4, 0.5) is 0 Å². The molecular formula is C25H27NO2. The summed E-state index contributed by atoms with van der Waals surface area (Å²) in [6, 6.07) is 20.8. The van der Waals surface area contributed by atoms with E-state index in [1.165, 1.54) is 36.0 Å². The van der Waals surface area contributed by atoms with Gasteiger partial charge in [-0.25, -0.2) is 0 Å². The third kappa shape index (κ3) is 4.19. The average molecular weight is 373 g/mol. The van der Waals surface area contributed by atoms with Crippen molar-refractivity contribution in [3.63, 3.8) is 0 Å². The standard InChI is InChI=1S/C25H27NO2/c1-2-24(22-12-11-18-7-3-5-9-20(18)15-22)26-25(27)17-28-23-14-13-19-8-4-6-10-21(19)16-23/h4,6,8,10-16,24H,2-3,5,7,9,17H2,1H3,(H,26,27). The molecule has 0 heterocycles. The molecule has 1 aliphatic rings. The molecule has 3 aromatic carbocycles. The Labute approximate surface area is 166 Å². The first-order valence-electron chi connectivity index (χ1n) is 10.3. The van der Waals surface area contributed by atoms with Crippen LogP contribution in [-0.4, -0.2) is 12.5 Å². The van der Waals surface area contributed by atoms with Crippen LogP contribution in [-0.2, 0) is 17.6 Å². The zero-order valence-electron chi connectivity index (χ0n) is 16.4. The van der Waals surface area contributed by atoms with Crippen LogP contribution < -0.4 is 10.1 Å². The van der Waals surface area contributed by atoms with Crippen LogP contribution in [0.15, 0.2) is 60.7 Å². The minimum atomic E-state index is -0.0854. The summed E-state index contributed by atoms with van der Waals surface area (Å²) in [6.45, 7) is 2.13. The van der Waals surface area contributed by atoms with E-state index in [0.29, 0.717) is 0 Å². The Kier molecular flexibility index (Phi) is 5.61. The summed E-state index contributed by atoms with van der Waals surface area (Å²) in [5.74, 6) is 0.633. The van der Waals surface area contributed by atoms with E-state index in [4.69, 9.17) is 4.74 Å². The van der Waals surface area contributed by atoms with E-state index < -0.39 is 0 Å². The van der Waals surface area contributed by atoms with Crippen molar-refractivity contribution in [1.29, 1.82) is 0 Å². The van der Waals surface area contributed by atoms with Crippen molar-refractivity contribution < 1.29 is 9.53 Å². The zero-order valence-corrected chi connectivity index (χ0v) is 16.4. The summed E-state index contributed by atoms with van der Waals surface area (Å²) in [7, 11) is 0. The van der Waals surface area contributed by atoms with Crippen LogP contribution >= 0.6 is 0 Å². The van der Waals surface area contributed by atoms with Gasteiger partial charge in [0.05, 0.1) is 6.04 Å². The molecule has 1 atom stereocenters. The fourth-order valence-electron chi connectivity index (χ4n) is 4.03. The number of nitrogens with one attached hydrogen (secondary N) is 1. The van der Waals surface area contributed by atoms with Gasteiger partial charge in [-0.3, -0.25) is 4.79 Å². The Morgan fingerprint density at radius 1 is 0.964 bits per heavy atom. The van der Waals surface area contributed by atoms with Crippen molar-refractivity contribution in [1.82, 2.24) is 5.32 Å². The Balaban J connectivity index is 1.38. The van der Waals surface area contributed by atoms with Crippen molar-refractivity contribution >= 4 is 16.7 Å². The second-order valence-electron chi connectivity index (χ2n) is 7.56. The number of amides is 1. The number of hydrogen-bond acceptors (Lipinski definition) is 2. The average Bonchev–Trinajstić information content (AvgIpc) is 2.75. The number of hydrogen-bond donors (Lipinski definition) is 1. The molecule has 1 amide bonds. The van der Waals surface area contributed by atoms with Gasteiger partial charge in [-0.2, -0.15) is 0 Å². The van der Waals surface area contributed by atoms with Gasteiger partial charge in [0, 0.05) is 0 Å². The molecule has 1 aliphatic carbocycles. The molecule has 0 aromatic heterocycles. The third-order valence-electron chi connectivity index (χ3n) is 5.61. The van der Waals surface area contributed by atoms with Crippen molar-refractivity contribution in [2.75, 3.05) is 6.61 Å². The third-order valence-corrected chi connectivity index (χ3v) is 5.61. The molecule has 1 N–H and O–H groups in total. The molecule has 0 bridgehead atoms. The maximum Gasteiger partial charge on any atom is 0.258 e. The van der Waals surface area contributed by atoms with E-state index in [2.05, 4.69) is 36.5 Å². The van der Waals surface area contributed by atoms with Gasteiger partial charge in [0.1, 0.15) is 5.75 Å². The molecule has 0 saturated heterocycles. The summed E-state index contributed by atoms with van der Waals surface area (Å²) in [4.78, 5) is 12.5. The molecule has 144 valence electrons. The number of benzene rings is 3. The molecule has 0 saturated carbocycles. The quantitative estimate of drug-likeness (QED) is 0.631. The monoisotopic (exact) mass is 373 g/mol. The molecule has 3 aromatic rings. The number of ether oxygens (including phenoxy) is 1. The zero-order chi connectivity index (χ0) is 19.3. The maximum absolute atomic E-state index is 12.5. The van der Waals surface area contributed by atoms with E-state index in [9.17, 15) is 4.79 Å². The number of fused-ring (bicyclic) bond motifs is 2. The van der Waals surface area contributed by atoms with Gasteiger partial charge in [-0.05, 0) is 71.7 Å². The molecule has 1 unspecified atom stereocenters. The number of carbonyl (C=O) groups excluding carboxylic acids is 1. The van der Waals surface area contributed by atoms with Crippen LogP contribution in [0.3, 0.4) is 0 Å². The van der Waals surface area contributed by atoms with E-state index in [-0.39, 0.29) is 18.6 Å². The van der Waals surface area contributed by atoms with E-state index in [0.717, 1.165) is 29.4 Å². The number of carbonyl (C=O) groups is 1. The van der Waals surface area contributed by atoms with Gasteiger partial charge < -0.3 is 10.1 Å². The van der Waals surface area contributed by atoms with Gasteiger partial charge in [0.25, 0.3) is 5.91 Å². The fraction of sp³-hybridized carbons (Fsp3) is 0.320. The van der Waals surface area contributed by atoms with E-state index in [1.54, 1.807) is 0 Å². The van der Waals surface area contributed by atoms with Gasteiger partial charge >= 0.3 is 0 Å². The van der Waals surface area contributed by atoms with E-state index in [1.807, 2.05) is 36.4 Å². The van der Waals surface area contributed by atoms with Crippen molar-refractivity contribution in [3.8, 4) is 5.75 Å². The molecule has 0 fully saturated rings. The predicted octanol–water partition coefficient (Wildman–Crippen LogP) is 5.36. The second-order valence-corrected chi connectivity index (χ2v) is 7.56. The normalized spacial score (nSPS) is 14.3. The minimum Gasteiger partial charge on any atom is -0.484 e. The number of aryl methyl sites for hydroxylation is 2. The van der Waals surface area contributed by atoms with Crippen LogP contribution in [0, 0.1) is 0 Å². The molecule has 0 spiro atoms. The predicted molar refractivity (Wildman–Crippen MR) is 114 cm³/mol. The Morgan fingerprint density at radius 2 is 1.75 bits per heavy atom. The molecule has 0 radical (unpaired) electrons. The van der Waals surface area contributed by atoms with Gasteiger partial charge in [0.2, 0.25) is 0 Å². The lowest BCUT2D eigenvalue weighted by Gasteiger charge is -2.22. The minimum absolute atomic E-state index is 0.0276. The SMILES string of the molecule is CCC(NC(=O)COc1ccc2ccccc2c1)c1ccc2c(c1)CCCC2. The summed E-state index contributed by atoms with van der Waals surface area (Å²) >= 11 is 0. The first kappa shape index (κ1) is 18.5. The van der Waals surface area contributed by atoms with Crippen LogP contribution in [0.2, 0.25) is 0 Å². The molecule has 3 heteroatoms. The molecule has 4 rings (SSSR count). The first-order chi connectivity index (χ1) is 13.7. The topological polar surface area (TPSA) is 38.3 Å². The summed E-state index contributed by atoms with van der Waals surface area (Å²) in [6.07, 6.45) is 5.74. The molecule has 0 aliphatic heterocycles. The Bertz CT molecular complexity index is 979. The van der Waals surface area contributed by atoms with Crippen LogP contribution in [0.5, 0.6) is 5.75 Å². The highest BCUT2D eigenvalue weighted by Crippen LogP contribution is 2.26. The van der Waals surface area contributed by atoms with Gasteiger partial charge in [-0.15, -0.1) is 0 Å². The largest absolute Gasteiger partial charge is 0.484 e. The van der Waals surface area contributed by atoms with Gasteiger partial charge in [0.15, 0.2) is 6.61 Å². The van der Waals surface area contributed by atoms with E-state index >= 15 is 0 Å². The van der Waals surface area contributed by atoms with Crippen molar-refractivity contribution in [2.24, 2.45) is 0 Å². The summed E-state index contributed by atoms with van der Waals surface area (Å²) in [5.41, 5.74) is 4.11. The fourth-order valence-corrected chi connectivity index (χ4v) is 4.03. The Hall–Kier alpha value is -2.81. The molecular weight excluding hydrogens is 346 g/mol. The number of rotatable bonds is 6. The second kappa shape index (κ2) is 8.47.